The van der Waals surface area contributed by atoms with Crippen molar-refractivity contribution < 1.29 is 9.50 Å². The van der Waals surface area contributed by atoms with E-state index in [-0.39, 0.29) is 11.9 Å². The first-order valence-electron chi connectivity index (χ1n) is 8.69. The van der Waals surface area contributed by atoms with Crippen molar-refractivity contribution >= 4 is 22.7 Å². The Hall–Kier alpha value is -2.74. The number of hydrogen-bond donors (Lipinski definition) is 2. The fourth-order valence-electron chi connectivity index (χ4n) is 3.23. The second-order valence-corrected chi connectivity index (χ2v) is 6.65. The summed E-state index contributed by atoms with van der Waals surface area (Å²) in [6.45, 7) is 2.10. The van der Waals surface area contributed by atoms with Gasteiger partial charge in [0.15, 0.2) is 0 Å². The highest BCUT2D eigenvalue weighted by atomic mass is 19.1. The number of aliphatic hydroxyl groups excluding tert-OH is 1. The molecule has 7 nitrogen and oxygen atoms in total. The molecule has 0 radical (unpaired) electrons. The molecule has 0 spiro atoms. The Balaban J connectivity index is 1.50. The summed E-state index contributed by atoms with van der Waals surface area (Å²) < 4.78 is 13.3. The molecule has 1 aliphatic rings. The Bertz CT molecular complexity index is 906. The second-order valence-electron chi connectivity index (χ2n) is 6.65. The number of aliphatic hydroxyl groups is 1. The third-order valence-electron chi connectivity index (χ3n) is 4.70. The summed E-state index contributed by atoms with van der Waals surface area (Å²) in [6.07, 6.45) is 2.85. The molecule has 3 heterocycles. The first-order chi connectivity index (χ1) is 12.6. The number of nitrogens with one attached hydrogen (secondary N) is 1. The monoisotopic (exact) mass is 356 g/mol. The number of hydrogen-bond acceptors (Lipinski definition) is 6. The molecule has 2 aromatic heterocycles. The SMILES string of the molecule is CN(Cc1nc2ccc(F)cc2[nH]1)c1cc(N2CCC(O)CC2)ncn1. The lowest BCUT2D eigenvalue weighted by atomic mass is 10.1. The maximum atomic E-state index is 13.3. The second kappa shape index (κ2) is 6.87. The summed E-state index contributed by atoms with van der Waals surface area (Å²) >= 11 is 0. The largest absolute Gasteiger partial charge is 0.393 e. The van der Waals surface area contributed by atoms with Gasteiger partial charge < -0.3 is 19.9 Å². The van der Waals surface area contributed by atoms with Crippen LogP contribution in [-0.2, 0) is 6.54 Å². The summed E-state index contributed by atoms with van der Waals surface area (Å²) in [4.78, 5) is 20.5. The fourth-order valence-corrected chi connectivity index (χ4v) is 3.23. The quantitative estimate of drug-likeness (QED) is 0.745. The lowest BCUT2D eigenvalue weighted by molar-refractivity contribution is 0.145. The Morgan fingerprint density at radius 1 is 1.27 bits per heavy atom. The molecule has 136 valence electrons. The van der Waals surface area contributed by atoms with Crippen LogP contribution < -0.4 is 9.80 Å². The van der Waals surface area contributed by atoms with Gasteiger partial charge in [-0.2, -0.15) is 0 Å². The van der Waals surface area contributed by atoms with Gasteiger partial charge >= 0.3 is 0 Å². The van der Waals surface area contributed by atoms with Gasteiger partial charge in [0.05, 0.1) is 23.7 Å². The van der Waals surface area contributed by atoms with Crippen LogP contribution in [0.3, 0.4) is 0 Å². The van der Waals surface area contributed by atoms with Crippen LogP contribution in [0.1, 0.15) is 18.7 Å². The molecule has 0 amide bonds. The number of aromatic nitrogens is 4. The number of benzene rings is 1. The van der Waals surface area contributed by atoms with E-state index in [0.29, 0.717) is 12.1 Å². The summed E-state index contributed by atoms with van der Waals surface area (Å²) in [7, 11) is 1.93. The molecule has 1 aliphatic heterocycles. The Labute approximate surface area is 150 Å². The molecule has 0 atom stereocenters. The Kier molecular flexibility index (Phi) is 4.42. The molecule has 2 N–H and O–H groups in total. The predicted octanol–water partition coefficient (Wildman–Crippen LogP) is 2.09. The molecule has 1 aromatic carbocycles. The Morgan fingerprint density at radius 3 is 2.88 bits per heavy atom. The lowest BCUT2D eigenvalue weighted by Gasteiger charge is -2.30. The summed E-state index contributed by atoms with van der Waals surface area (Å²) in [5.74, 6) is 2.11. The van der Waals surface area contributed by atoms with E-state index < -0.39 is 0 Å². The minimum absolute atomic E-state index is 0.215. The van der Waals surface area contributed by atoms with E-state index in [1.165, 1.54) is 12.1 Å². The number of rotatable bonds is 4. The number of anilines is 2. The number of fused-ring (bicyclic) bond motifs is 1. The highest BCUT2D eigenvalue weighted by Gasteiger charge is 2.19. The van der Waals surface area contributed by atoms with E-state index in [1.807, 2.05) is 18.0 Å². The van der Waals surface area contributed by atoms with E-state index in [9.17, 15) is 9.50 Å². The topological polar surface area (TPSA) is 81.2 Å². The van der Waals surface area contributed by atoms with Crippen LogP contribution >= 0.6 is 0 Å². The maximum absolute atomic E-state index is 13.3. The molecular formula is C18H21FN6O. The number of piperidine rings is 1. The van der Waals surface area contributed by atoms with E-state index in [0.717, 1.165) is 48.9 Å². The van der Waals surface area contributed by atoms with Gasteiger partial charge in [-0.3, -0.25) is 0 Å². The van der Waals surface area contributed by atoms with Crippen LogP contribution in [0.4, 0.5) is 16.0 Å². The van der Waals surface area contributed by atoms with Crippen molar-refractivity contribution in [3.8, 4) is 0 Å². The van der Waals surface area contributed by atoms with Crippen LogP contribution in [0.5, 0.6) is 0 Å². The average Bonchev–Trinajstić information content (AvgIpc) is 3.03. The van der Waals surface area contributed by atoms with Gasteiger partial charge in [-0.05, 0) is 31.0 Å². The van der Waals surface area contributed by atoms with Crippen molar-refractivity contribution in [1.82, 2.24) is 19.9 Å². The summed E-state index contributed by atoms with van der Waals surface area (Å²) in [5, 5.41) is 9.66. The molecule has 8 heteroatoms. The lowest BCUT2D eigenvalue weighted by Crippen LogP contribution is -2.36. The van der Waals surface area contributed by atoms with Crippen molar-refractivity contribution in [3.63, 3.8) is 0 Å². The molecular weight excluding hydrogens is 335 g/mol. The molecule has 1 saturated heterocycles. The van der Waals surface area contributed by atoms with E-state index >= 15 is 0 Å². The van der Waals surface area contributed by atoms with E-state index in [4.69, 9.17) is 0 Å². The van der Waals surface area contributed by atoms with Crippen LogP contribution in [0.15, 0.2) is 30.6 Å². The number of nitrogens with zero attached hydrogens (tertiary/aromatic N) is 5. The van der Waals surface area contributed by atoms with Crippen LogP contribution in [0.2, 0.25) is 0 Å². The zero-order valence-corrected chi connectivity index (χ0v) is 14.6. The third kappa shape index (κ3) is 3.45. The smallest absolute Gasteiger partial charge is 0.134 e. The average molecular weight is 356 g/mol. The van der Waals surface area contributed by atoms with Crippen LogP contribution in [0, 0.1) is 5.82 Å². The summed E-state index contributed by atoms with van der Waals surface area (Å²) in [6, 6.07) is 6.46. The third-order valence-corrected chi connectivity index (χ3v) is 4.70. The van der Waals surface area contributed by atoms with Gasteiger partial charge in [0.2, 0.25) is 0 Å². The van der Waals surface area contributed by atoms with Crippen LogP contribution in [-0.4, -0.2) is 51.3 Å². The first-order valence-corrected chi connectivity index (χ1v) is 8.69. The maximum Gasteiger partial charge on any atom is 0.134 e. The van der Waals surface area contributed by atoms with Gasteiger partial charge in [-0.1, -0.05) is 0 Å². The highest BCUT2D eigenvalue weighted by molar-refractivity contribution is 5.75. The van der Waals surface area contributed by atoms with E-state index in [2.05, 4.69) is 24.8 Å². The number of H-pyrrole nitrogens is 1. The van der Waals surface area contributed by atoms with Crippen molar-refractivity contribution in [3.05, 3.63) is 42.2 Å². The highest BCUT2D eigenvalue weighted by Crippen LogP contribution is 2.22. The van der Waals surface area contributed by atoms with E-state index in [1.54, 1.807) is 12.4 Å². The van der Waals surface area contributed by atoms with Crippen molar-refractivity contribution in [2.24, 2.45) is 0 Å². The number of halogens is 1. The van der Waals surface area contributed by atoms with Gasteiger partial charge in [-0.25, -0.2) is 19.3 Å². The normalized spacial score (nSPS) is 15.6. The molecule has 4 rings (SSSR count). The summed E-state index contributed by atoms with van der Waals surface area (Å²) in [5.41, 5.74) is 1.42. The van der Waals surface area contributed by atoms with Gasteiger partial charge in [0.25, 0.3) is 0 Å². The standard InChI is InChI=1S/C18H21FN6O/c1-24(10-16-22-14-3-2-12(19)8-15(14)23-16)17-9-18(21-11-20-17)25-6-4-13(26)5-7-25/h2-3,8-9,11,13,26H,4-7,10H2,1H3,(H,22,23). The predicted molar refractivity (Wildman–Crippen MR) is 97.6 cm³/mol. The minimum atomic E-state index is -0.284. The number of aromatic amines is 1. The molecule has 3 aromatic rings. The van der Waals surface area contributed by atoms with Crippen molar-refractivity contribution in [1.29, 1.82) is 0 Å². The zero-order valence-electron chi connectivity index (χ0n) is 14.6. The Morgan fingerprint density at radius 2 is 2.08 bits per heavy atom. The zero-order chi connectivity index (χ0) is 18.1. The first kappa shape index (κ1) is 16.7. The molecule has 0 saturated carbocycles. The van der Waals surface area contributed by atoms with Crippen molar-refractivity contribution in [2.45, 2.75) is 25.5 Å². The molecule has 0 bridgehead atoms. The van der Waals surface area contributed by atoms with Gasteiger partial charge in [0.1, 0.15) is 29.6 Å². The molecule has 1 fully saturated rings. The fraction of sp³-hybridized carbons (Fsp3) is 0.389. The number of imidazole rings is 1. The molecule has 0 unspecified atom stereocenters. The van der Waals surface area contributed by atoms with Gasteiger partial charge in [0, 0.05) is 26.2 Å². The van der Waals surface area contributed by atoms with Crippen molar-refractivity contribution in [2.75, 3.05) is 29.9 Å². The molecule has 0 aliphatic carbocycles. The minimum Gasteiger partial charge on any atom is -0.393 e. The molecule has 26 heavy (non-hydrogen) atoms. The van der Waals surface area contributed by atoms with Gasteiger partial charge in [-0.15, -0.1) is 0 Å². The van der Waals surface area contributed by atoms with Crippen LogP contribution in [0.25, 0.3) is 11.0 Å².